The van der Waals surface area contributed by atoms with Gasteiger partial charge in [0.05, 0.1) is 11.0 Å². The van der Waals surface area contributed by atoms with E-state index in [9.17, 15) is 4.21 Å². The van der Waals surface area contributed by atoms with Crippen LogP contribution >= 0.6 is 0 Å². The molecule has 1 saturated heterocycles. The van der Waals surface area contributed by atoms with Gasteiger partial charge in [0.15, 0.2) is 0 Å². The van der Waals surface area contributed by atoms with Crippen LogP contribution in [0.4, 0.5) is 0 Å². The van der Waals surface area contributed by atoms with Gasteiger partial charge in [-0.15, -0.1) is 0 Å². The summed E-state index contributed by atoms with van der Waals surface area (Å²) in [5.74, 6) is 0. The van der Waals surface area contributed by atoms with E-state index in [2.05, 4.69) is 17.0 Å². The van der Waals surface area contributed by atoms with Gasteiger partial charge in [-0.2, -0.15) is 0 Å². The van der Waals surface area contributed by atoms with Gasteiger partial charge in [0.25, 0.3) is 0 Å². The Kier molecular flexibility index (Phi) is 3.26. The van der Waals surface area contributed by atoms with Gasteiger partial charge in [-0.25, -0.2) is 8.93 Å². The Morgan fingerprint density at radius 1 is 1.58 bits per heavy atom. The maximum absolute atomic E-state index is 11.5. The molecule has 1 aliphatic rings. The first-order valence-corrected chi connectivity index (χ1v) is 5.64. The topological polar surface area (TPSA) is 41.1 Å². The first-order chi connectivity index (χ1) is 5.53. The van der Waals surface area contributed by atoms with E-state index in [1.165, 1.54) is 0 Å². The smallest absolute Gasteiger partial charge is 0.0946 e. The lowest BCUT2D eigenvalue weighted by atomic mass is 10.0. The summed E-state index contributed by atoms with van der Waals surface area (Å²) in [6.45, 7) is 8.00. The number of hydrogen-bond donors (Lipinski definition) is 2. The molecule has 0 radical (unpaired) electrons. The Bertz CT molecular complexity index is 176. The minimum absolute atomic E-state index is 0.0368. The van der Waals surface area contributed by atoms with Gasteiger partial charge in [0, 0.05) is 17.3 Å². The van der Waals surface area contributed by atoms with E-state index in [4.69, 9.17) is 0 Å². The minimum atomic E-state index is -0.891. The first kappa shape index (κ1) is 10.2. The molecule has 0 aromatic carbocycles. The Morgan fingerprint density at radius 2 is 2.25 bits per heavy atom. The van der Waals surface area contributed by atoms with Crippen LogP contribution in [0.15, 0.2) is 0 Å². The van der Waals surface area contributed by atoms with Crippen molar-refractivity contribution in [2.75, 3.05) is 13.1 Å². The second-order valence-corrected chi connectivity index (χ2v) is 5.68. The van der Waals surface area contributed by atoms with E-state index >= 15 is 0 Å². The fourth-order valence-electron chi connectivity index (χ4n) is 1.26. The molecule has 12 heavy (non-hydrogen) atoms. The normalized spacial score (nSPS) is 32.7. The summed E-state index contributed by atoms with van der Waals surface area (Å²) >= 11 is 0. The highest BCUT2D eigenvalue weighted by atomic mass is 32.2. The first-order valence-electron chi connectivity index (χ1n) is 4.43. The van der Waals surface area contributed by atoms with Crippen molar-refractivity contribution < 1.29 is 4.21 Å². The molecule has 0 aromatic heterocycles. The summed E-state index contributed by atoms with van der Waals surface area (Å²) in [6.07, 6.45) is 1.06. The number of nitrogens with one attached hydrogen (secondary N) is 2. The van der Waals surface area contributed by atoms with E-state index in [0.29, 0.717) is 0 Å². The molecular weight excluding hydrogens is 172 g/mol. The van der Waals surface area contributed by atoms with Crippen LogP contribution in [-0.4, -0.2) is 28.1 Å². The molecule has 0 spiro atoms. The van der Waals surface area contributed by atoms with E-state index in [0.717, 1.165) is 19.5 Å². The molecule has 0 amide bonds. The third-order valence-electron chi connectivity index (χ3n) is 2.14. The molecule has 0 saturated carbocycles. The van der Waals surface area contributed by atoms with Crippen LogP contribution in [0.2, 0.25) is 0 Å². The zero-order valence-corrected chi connectivity index (χ0v) is 8.83. The summed E-state index contributed by atoms with van der Waals surface area (Å²) in [4.78, 5) is 0. The van der Waals surface area contributed by atoms with Crippen LogP contribution in [0, 0.1) is 0 Å². The monoisotopic (exact) mass is 190 g/mol. The van der Waals surface area contributed by atoms with Crippen LogP contribution < -0.4 is 10.0 Å². The zero-order valence-electron chi connectivity index (χ0n) is 8.02. The molecule has 3 nitrogen and oxygen atoms in total. The summed E-state index contributed by atoms with van der Waals surface area (Å²) in [7, 11) is -0.891. The Labute approximate surface area is 76.9 Å². The highest BCUT2D eigenvalue weighted by Gasteiger charge is 2.30. The van der Waals surface area contributed by atoms with Crippen LogP contribution in [0.5, 0.6) is 0 Å². The second kappa shape index (κ2) is 3.85. The molecule has 2 N–H and O–H groups in total. The van der Waals surface area contributed by atoms with Gasteiger partial charge in [-0.1, -0.05) is 0 Å². The van der Waals surface area contributed by atoms with Gasteiger partial charge < -0.3 is 5.32 Å². The Balaban J connectivity index is 2.44. The molecule has 0 aliphatic carbocycles. The summed E-state index contributed by atoms with van der Waals surface area (Å²) in [5.41, 5.74) is 0.0368. The van der Waals surface area contributed by atoms with Crippen LogP contribution in [0.25, 0.3) is 0 Å². The lowest BCUT2D eigenvalue weighted by Gasteiger charge is -2.24. The molecular formula is C8H18N2OS. The lowest BCUT2D eigenvalue weighted by molar-refractivity contribution is 0.468. The van der Waals surface area contributed by atoms with Crippen molar-refractivity contribution in [1.29, 1.82) is 0 Å². The summed E-state index contributed by atoms with van der Waals surface area (Å²) < 4.78 is 14.6. The van der Waals surface area contributed by atoms with Gasteiger partial charge in [0.2, 0.25) is 0 Å². The van der Waals surface area contributed by atoms with E-state index in [-0.39, 0.29) is 10.8 Å². The van der Waals surface area contributed by atoms with Crippen LogP contribution in [0.3, 0.4) is 0 Å². The predicted octanol–water partition coefficient (Wildman–Crippen LogP) is 0.400. The molecule has 1 heterocycles. The van der Waals surface area contributed by atoms with Crippen LogP contribution in [-0.2, 0) is 11.0 Å². The fourth-order valence-corrected chi connectivity index (χ4v) is 2.16. The largest absolute Gasteiger partial charge is 0.315 e. The van der Waals surface area contributed by atoms with Crippen molar-refractivity contribution >= 4 is 11.0 Å². The lowest BCUT2D eigenvalue weighted by Crippen LogP contribution is -2.46. The van der Waals surface area contributed by atoms with Gasteiger partial charge in [-0.3, -0.25) is 0 Å². The van der Waals surface area contributed by atoms with Gasteiger partial charge in [-0.05, 0) is 33.7 Å². The number of hydrogen-bond acceptors (Lipinski definition) is 2. The van der Waals surface area contributed by atoms with Crippen molar-refractivity contribution in [3.8, 4) is 0 Å². The standard InChI is InChI=1S/C8H18N2OS/c1-7(2)12(11)10-8(3)4-5-9-6-8/h7,9-10H,4-6H2,1-3H3. The average Bonchev–Trinajstić information content (AvgIpc) is 2.35. The Morgan fingerprint density at radius 3 is 2.67 bits per heavy atom. The van der Waals surface area contributed by atoms with Gasteiger partial charge in [0.1, 0.15) is 0 Å². The van der Waals surface area contributed by atoms with E-state index in [1.807, 2.05) is 13.8 Å². The highest BCUT2D eigenvalue weighted by Crippen LogP contribution is 2.14. The fraction of sp³-hybridized carbons (Fsp3) is 1.00. The molecule has 2 atom stereocenters. The maximum Gasteiger partial charge on any atom is 0.0946 e. The van der Waals surface area contributed by atoms with Crippen molar-refractivity contribution in [3.05, 3.63) is 0 Å². The summed E-state index contributed by atoms with van der Waals surface area (Å²) in [5, 5.41) is 3.46. The van der Waals surface area contributed by atoms with Crippen molar-refractivity contribution in [2.45, 2.75) is 38.0 Å². The highest BCUT2D eigenvalue weighted by molar-refractivity contribution is 7.83. The maximum atomic E-state index is 11.5. The van der Waals surface area contributed by atoms with Crippen molar-refractivity contribution in [3.63, 3.8) is 0 Å². The van der Waals surface area contributed by atoms with Gasteiger partial charge >= 0.3 is 0 Å². The SMILES string of the molecule is CC(C)S(=O)NC1(C)CCNC1. The molecule has 1 fully saturated rings. The number of rotatable bonds is 3. The quantitative estimate of drug-likeness (QED) is 0.676. The van der Waals surface area contributed by atoms with Crippen molar-refractivity contribution in [2.24, 2.45) is 0 Å². The Hall–Kier alpha value is 0.0700. The van der Waals surface area contributed by atoms with Crippen molar-refractivity contribution in [1.82, 2.24) is 10.0 Å². The molecule has 4 heteroatoms. The zero-order chi connectivity index (χ0) is 9.19. The summed E-state index contributed by atoms with van der Waals surface area (Å²) in [6, 6.07) is 0. The second-order valence-electron chi connectivity index (χ2n) is 3.94. The molecule has 1 rings (SSSR count). The predicted molar refractivity (Wildman–Crippen MR) is 52.3 cm³/mol. The molecule has 0 aromatic rings. The molecule has 72 valence electrons. The molecule has 1 aliphatic heterocycles. The van der Waals surface area contributed by atoms with E-state index < -0.39 is 11.0 Å². The molecule has 0 bridgehead atoms. The third-order valence-corrected chi connectivity index (χ3v) is 3.69. The molecule has 2 unspecified atom stereocenters. The average molecular weight is 190 g/mol. The van der Waals surface area contributed by atoms with Crippen LogP contribution in [0.1, 0.15) is 27.2 Å². The third kappa shape index (κ3) is 2.54. The van der Waals surface area contributed by atoms with E-state index in [1.54, 1.807) is 0 Å². The minimum Gasteiger partial charge on any atom is -0.315 e.